The maximum Gasteiger partial charge on any atom is 0.223 e. The van der Waals surface area contributed by atoms with Crippen molar-refractivity contribution in [2.24, 2.45) is 0 Å². The molecule has 0 spiro atoms. The average molecular weight is 241 g/mol. The Kier molecular flexibility index (Phi) is 3.92. The number of nitrogens with zero attached hydrogens (tertiary/aromatic N) is 2. The summed E-state index contributed by atoms with van der Waals surface area (Å²) in [5.74, 6) is 0.723. The van der Waals surface area contributed by atoms with Crippen LogP contribution in [0.1, 0.15) is 22.5 Å². The van der Waals surface area contributed by atoms with Gasteiger partial charge in [0.2, 0.25) is 5.95 Å². The summed E-state index contributed by atoms with van der Waals surface area (Å²) < 4.78 is 0. The van der Waals surface area contributed by atoms with Gasteiger partial charge in [-0.2, -0.15) is 0 Å². The molecule has 0 bridgehead atoms. The highest BCUT2D eigenvalue weighted by Crippen LogP contribution is 2.08. The molecule has 0 aliphatic carbocycles. The Hall–Kier alpha value is -1.90. The minimum Gasteiger partial charge on any atom is -0.354 e. The van der Waals surface area contributed by atoms with E-state index >= 15 is 0 Å². The lowest BCUT2D eigenvalue weighted by Crippen LogP contribution is -2.09. The van der Waals surface area contributed by atoms with Crippen molar-refractivity contribution in [2.75, 3.05) is 11.9 Å². The first-order valence-electron chi connectivity index (χ1n) is 6.26. The van der Waals surface area contributed by atoms with Crippen LogP contribution in [0.3, 0.4) is 0 Å². The van der Waals surface area contributed by atoms with Gasteiger partial charge in [-0.1, -0.05) is 24.3 Å². The first-order valence-corrected chi connectivity index (χ1v) is 6.26. The summed E-state index contributed by atoms with van der Waals surface area (Å²) in [7, 11) is 0. The fourth-order valence-corrected chi connectivity index (χ4v) is 2.00. The van der Waals surface area contributed by atoms with E-state index in [1.54, 1.807) is 0 Å². The van der Waals surface area contributed by atoms with Crippen molar-refractivity contribution >= 4 is 5.95 Å². The van der Waals surface area contributed by atoms with E-state index in [-0.39, 0.29) is 0 Å². The van der Waals surface area contributed by atoms with Gasteiger partial charge in [0.15, 0.2) is 0 Å². The molecule has 2 aromatic rings. The zero-order valence-corrected chi connectivity index (χ0v) is 11.2. The monoisotopic (exact) mass is 241 g/mol. The lowest BCUT2D eigenvalue weighted by molar-refractivity contribution is 0.956. The molecule has 0 saturated heterocycles. The molecule has 3 nitrogen and oxygen atoms in total. The van der Waals surface area contributed by atoms with E-state index in [1.165, 1.54) is 11.1 Å². The average Bonchev–Trinajstić information content (AvgIpc) is 2.30. The van der Waals surface area contributed by atoms with Crippen LogP contribution in [-0.4, -0.2) is 16.5 Å². The van der Waals surface area contributed by atoms with Gasteiger partial charge in [-0.25, -0.2) is 9.97 Å². The van der Waals surface area contributed by atoms with Gasteiger partial charge in [0, 0.05) is 17.9 Å². The largest absolute Gasteiger partial charge is 0.354 e. The molecule has 0 amide bonds. The fraction of sp³-hybridized carbons (Fsp3) is 0.333. The maximum absolute atomic E-state index is 4.37. The van der Waals surface area contributed by atoms with Crippen molar-refractivity contribution in [3.8, 4) is 0 Å². The second-order valence-corrected chi connectivity index (χ2v) is 4.58. The van der Waals surface area contributed by atoms with Gasteiger partial charge >= 0.3 is 0 Å². The van der Waals surface area contributed by atoms with Gasteiger partial charge in [-0.3, -0.25) is 0 Å². The standard InChI is InChI=1S/C15H19N3/c1-11-6-4-5-7-14(11)8-9-16-15-17-12(2)10-13(3)18-15/h4-7,10H,8-9H2,1-3H3,(H,16,17,18). The number of anilines is 1. The van der Waals surface area contributed by atoms with Crippen LogP contribution < -0.4 is 5.32 Å². The molecule has 94 valence electrons. The van der Waals surface area contributed by atoms with Gasteiger partial charge in [-0.15, -0.1) is 0 Å². The van der Waals surface area contributed by atoms with E-state index in [0.29, 0.717) is 0 Å². The molecule has 1 N–H and O–H groups in total. The SMILES string of the molecule is Cc1cc(C)nc(NCCc2ccccc2C)n1. The van der Waals surface area contributed by atoms with Crippen LogP contribution in [0.25, 0.3) is 0 Å². The quantitative estimate of drug-likeness (QED) is 0.894. The summed E-state index contributed by atoms with van der Waals surface area (Å²) in [5, 5.41) is 3.28. The Labute approximate surface area is 108 Å². The highest BCUT2D eigenvalue weighted by atomic mass is 15.1. The zero-order chi connectivity index (χ0) is 13.0. The molecule has 0 unspecified atom stereocenters. The number of rotatable bonds is 4. The van der Waals surface area contributed by atoms with Crippen molar-refractivity contribution in [1.29, 1.82) is 0 Å². The second kappa shape index (κ2) is 5.63. The fourth-order valence-electron chi connectivity index (χ4n) is 2.00. The second-order valence-electron chi connectivity index (χ2n) is 4.58. The van der Waals surface area contributed by atoms with E-state index in [1.807, 2.05) is 19.9 Å². The summed E-state index contributed by atoms with van der Waals surface area (Å²) in [4.78, 5) is 8.73. The molecule has 0 saturated carbocycles. The highest BCUT2D eigenvalue weighted by Gasteiger charge is 2.00. The van der Waals surface area contributed by atoms with E-state index in [0.717, 1.165) is 30.3 Å². The Morgan fingerprint density at radius 3 is 2.33 bits per heavy atom. The number of hydrogen-bond acceptors (Lipinski definition) is 3. The molecule has 1 heterocycles. The molecule has 18 heavy (non-hydrogen) atoms. The van der Waals surface area contributed by atoms with Gasteiger partial charge in [0.1, 0.15) is 0 Å². The highest BCUT2D eigenvalue weighted by molar-refractivity contribution is 5.30. The van der Waals surface area contributed by atoms with Gasteiger partial charge < -0.3 is 5.32 Å². The van der Waals surface area contributed by atoms with Crippen molar-refractivity contribution in [1.82, 2.24) is 9.97 Å². The van der Waals surface area contributed by atoms with Crippen molar-refractivity contribution in [3.63, 3.8) is 0 Å². The summed E-state index contributed by atoms with van der Waals surface area (Å²) in [5.41, 5.74) is 4.71. The molecule has 0 radical (unpaired) electrons. The third kappa shape index (κ3) is 3.29. The topological polar surface area (TPSA) is 37.8 Å². The predicted octanol–water partition coefficient (Wildman–Crippen LogP) is 3.06. The van der Waals surface area contributed by atoms with Crippen LogP contribution in [0.15, 0.2) is 30.3 Å². The van der Waals surface area contributed by atoms with E-state index in [2.05, 4.69) is 46.5 Å². The molecule has 2 rings (SSSR count). The Morgan fingerprint density at radius 2 is 1.67 bits per heavy atom. The molecular formula is C15H19N3. The molecule has 1 aromatic heterocycles. The predicted molar refractivity (Wildman–Crippen MR) is 74.9 cm³/mol. The number of aromatic nitrogens is 2. The lowest BCUT2D eigenvalue weighted by atomic mass is 10.1. The summed E-state index contributed by atoms with van der Waals surface area (Å²) >= 11 is 0. The first kappa shape index (κ1) is 12.6. The number of nitrogens with one attached hydrogen (secondary N) is 1. The summed E-state index contributed by atoms with van der Waals surface area (Å²) in [6.45, 7) is 6.97. The van der Waals surface area contributed by atoms with E-state index in [9.17, 15) is 0 Å². The normalized spacial score (nSPS) is 10.4. The molecule has 0 aliphatic rings. The number of hydrogen-bond donors (Lipinski definition) is 1. The minimum absolute atomic E-state index is 0.723. The van der Waals surface area contributed by atoms with Crippen molar-refractivity contribution in [2.45, 2.75) is 27.2 Å². The minimum atomic E-state index is 0.723. The molecule has 0 aliphatic heterocycles. The van der Waals surface area contributed by atoms with Crippen LogP contribution in [0.5, 0.6) is 0 Å². The van der Waals surface area contributed by atoms with E-state index in [4.69, 9.17) is 0 Å². The Morgan fingerprint density at radius 1 is 1.00 bits per heavy atom. The Bertz CT molecular complexity index is 515. The van der Waals surface area contributed by atoms with Gasteiger partial charge in [-0.05, 0) is 44.4 Å². The molecular weight excluding hydrogens is 222 g/mol. The third-order valence-corrected chi connectivity index (χ3v) is 2.92. The third-order valence-electron chi connectivity index (χ3n) is 2.92. The van der Waals surface area contributed by atoms with Crippen LogP contribution in [0.4, 0.5) is 5.95 Å². The van der Waals surface area contributed by atoms with Crippen LogP contribution in [0.2, 0.25) is 0 Å². The smallest absolute Gasteiger partial charge is 0.223 e. The molecule has 3 heteroatoms. The van der Waals surface area contributed by atoms with Crippen LogP contribution >= 0.6 is 0 Å². The van der Waals surface area contributed by atoms with Crippen LogP contribution in [-0.2, 0) is 6.42 Å². The van der Waals surface area contributed by atoms with Crippen molar-refractivity contribution in [3.05, 3.63) is 52.8 Å². The van der Waals surface area contributed by atoms with E-state index < -0.39 is 0 Å². The lowest BCUT2D eigenvalue weighted by Gasteiger charge is -2.08. The number of benzene rings is 1. The summed E-state index contributed by atoms with van der Waals surface area (Å²) in [6, 6.07) is 10.4. The van der Waals surface area contributed by atoms with Gasteiger partial charge in [0.05, 0.1) is 0 Å². The van der Waals surface area contributed by atoms with Crippen molar-refractivity contribution < 1.29 is 0 Å². The maximum atomic E-state index is 4.37. The summed E-state index contributed by atoms with van der Waals surface area (Å²) in [6.07, 6.45) is 0.989. The molecule has 1 aromatic carbocycles. The van der Waals surface area contributed by atoms with Gasteiger partial charge in [0.25, 0.3) is 0 Å². The Balaban J connectivity index is 1.94. The number of aryl methyl sites for hydroxylation is 3. The molecule has 0 atom stereocenters. The first-order chi connectivity index (χ1) is 8.65. The zero-order valence-electron chi connectivity index (χ0n) is 11.2. The molecule has 0 fully saturated rings. The van der Waals surface area contributed by atoms with Crippen LogP contribution in [0, 0.1) is 20.8 Å².